The number of hydrogen-bond acceptors (Lipinski definition) is 4. The van der Waals surface area contributed by atoms with Gasteiger partial charge in [0.1, 0.15) is 4.88 Å². The molecular formula is C14H22N2O3S. The fourth-order valence-corrected chi connectivity index (χ4v) is 2.91. The van der Waals surface area contributed by atoms with Crippen LogP contribution in [0, 0.1) is 5.92 Å². The van der Waals surface area contributed by atoms with Gasteiger partial charge >= 0.3 is 5.97 Å². The van der Waals surface area contributed by atoms with E-state index in [-0.39, 0.29) is 22.1 Å². The average molecular weight is 298 g/mol. The first kappa shape index (κ1) is 16.6. The number of aromatic nitrogens is 1. The topological polar surface area (TPSA) is 79.3 Å². The summed E-state index contributed by atoms with van der Waals surface area (Å²) >= 11 is 1.02. The zero-order valence-electron chi connectivity index (χ0n) is 12.6. The van der Waals surface area contributed by atoms with Crippen molar-refractivity contribution >= 4 is 28.3 Å². The minimum atomic E-state index is -1.00. The Morgan fingerprint density at radius 1 is 1.30 bits per heavy atom. The van der Waals surface area contributed by atoms with Crippen LogP contribution >= 0.6 is 11.3 Å². The molecule has 0 saturated carbocycles. The number of nitrogens with one attached hydrogen (secondary N) is 1. The van der Waals surface area contributed by atoms with E-state index in [0.717, 1.165) is 24.2 Å². The van der Waals surface area contributed by atoms with E-state index in [1.54, 1.807) is 0 Å². The summed E-state index contributed by atoms with van der Waals surface area (Å²) in [7, 11) is 0. The van der Waals surface area contributed by atoms with E-state index >= 15 is 0 Å². The maximum Gasteiger partial charge on any atom is 0.347 e. The first-order chi connectivity index (χ1) is 9.20. The van der Waals surface area contributed by atoms with Gasteiger partial charge in [0.25, 0.3) is 0 Å². The molecule has 0 atom stereocenters. The summed E-state index contributed by atoms with van der Waals surface area (Å²) in [6.45, 7) is 9.63. The van der Waals surface area contributed by atoms with Crippen molar-refractivity contribution in [3.8, 4) is 0 Å². The van der Waals surface area contributed by atoms with Gasteiger partial charge in [0.05, 0.1) is 5.69 Å². The second kappa shape index (κ2) is 6.35. The number of aromatic carboxylic acids is 1. The molecule has 0 aromatic carbocycles. The molecule has 1 rings (SSSR count). The molecule has 1 heterocycles. The van der Waals surface area contributed by atoms with Gasteiger partial charge in [-0.05, 0) is 12.8 Å². The van der Waals surface area contributed by atoms with E-state index in [2.05, 4.69) is 10.3 Å². The first-order valence-electron chi connectivity index (χ1n) is 6.76. The summed E-state index contributed by atoms with van der Waals surface area (Å²) in [4.78, 5) is 27.8. The van der Waals surface area contributed by atoms with Crippen LogP contribution in [0.5, 0.6) is 0 Å². The minimum Gasteiger partial charge on any atom is -0.477 e. The van der Waals surface area contributed by atoms with E-state index in [4.69, 9.17) is 0 Å². The molecular weight excluding hydrogens is 276 g/mol. The third-order valence-electron chi connectivity index (χ3n) is 3.12. The van der Waals surface area contributed by atoms with Gasteiger partial charge in [0.2, 0.25) is 5.91 Å². The number of rotatable bonds is 5. The average Bonchev–Trinajstić information content (AvgIpc) is 2.74. The molecule has 0 unspecified atom stereocenters. The minimum absolute atomic E-state index is 0.0646. The number of carbonyl (C=O) groups is 2. The Bertz CT molecular complexity index is 499. The lowest BCUT2D eigenvalue weighted by atomic mass is 9.91. The van der Waals surface area contributed by atoms with Gasteiger partial charge in [-0.2, -0.15) is 0 Å². The van der Waals surface area contributed by atoms with Gasteiger partial charge in [-0.3, -0.25) is 4.79 Å². The molecule has 0 aliphatic heterocycles. The summed E-state index contributed by atoms with van der Waals surface area (Å²) in [5.41, 5.74) is 0.136. The lowest BCUT2D eigenvalue weighted by molar-refractivity contribution is -0.120. The normalized spacial score (nSPS) is 11.7. The standard InChI is InChI=1S/C14H22N2O3S/c1-6-8(7-2)11(17)16-13-15-10(14(3,4)5)9(20-13)12(18)19/h8H,6-7H2,1-5H3,(H,18,19)(H,15,16,17). The van der Waals surface area contributed by atoms with Crippen molar-refractivity contribution in [1.29, 1.82) is 0 Å². The lowest BCUT2D eigenvalue weighted by Gasteiger charge is -2.16. The Kier molecular flexibility index (Phi) is 5.28. The molecule has 0 radical (unpaired) electrons. The molecule has 0 fully saturated rings. The molecule has 2 N–H and O–H groups in total. The Morgan fingerprint density at radius 2 is 1.85 bits per heavy atom. The van der Waals surface area contributed by atoms with Crippen molar-refractivity contribution in [2.45, 2.75) is 52.9 Å². The maximum absolute atomic E-state index is 12.0. The SMILES string of the molecule is CCC(CC)C(=O)Nc1nc(C(C)(C)C)c(C(=O)O)s1. The number of thiazole rings is 1. The van der Waals surface area contributed by atoms with Crippen molar-refractivity contribution in [2.24, 2.45) is 5.92 Å². The molecule has 0 aliphatic rings. The lowest BCUT2D eigenvalue weighted by Crippen LogP contribution is -2.22. The summed E-state index contributed by atoms with van der Waals surface area (Å²) in [5.74, 6) is -1.16. The fraction of sp³-hybridized carbons (Fsp3) is 0.643. The summed E-state index contributed by atoms with van der Waals surface area (Å²) < 4.78 is 0. The fourth-order valence-electron chi connectivity index (χ4n) is 1.89. The van der Waals surface area contributed by atoms with Gasteiger partial charge in [-0.1, -0.05) is 46.0 Å². The van der Waals surface area contributed by atoms with Crippen LogP contribution in [0.25, 0.3) is 0 Å². The molecule has 0 saturated heterocycles. The van der Waals surface area contributed by atoms with Gasteiger partial charge in [0, 0.05) is 11.3 Å². The van der Waals surface area contributed by atoms with E-state index in [0.29, 0.717) is 10.8 Å². The van der Waals surface area contributed by atoms with E-state index in [1.165, 1.54) is 0 Å². The number of carbonyl (C=O) groups excluding carboxylic acids is 1. The highest BCUT2D eigenvalue weighted by Crippen LogP contribution is 2.32. The van der Waals surface area contributed by atoms with Crippen molar-refractivity contribution in [2.75, 3.05) is 5.32 Å². The largest absolute Gasteiger partial charge is 0.477 e. The predicted octanol–water partition coefficient (Wildman–Crippen LogP) is 3.51. The summed E-state index contributed by atoms with van der Waals surface area (Å²) in [5, 5.41) is 12.3. The van der Waals surface area contributed by atoms with Crippen molar-refractivity contribution in [3.63, 3.8) is 0 Å². The van der Waals surface area contributed by atoms with Gasteiger partial charge in [-0.25, -0.2) is 9.78 Å². The number of nitrogens with zero attached hydrogens (tertiary/aromatic N) is 1. The monoisotopic (exact) mass is 298 g/mol. The van der Waals surface area contributed by atoms with Crippen molar-refractivity contribution < 1.29 is 14.7 Å². The number of amides is 1. The number of carboxylic acids is 1. The van der Waals surface area contributed by atoms with E-state index < -0.39 is 5.97 Å². The maximum atomic E-state index is 12.0. The van der Waals surface area contributed by atoms with Crippen LogP contribution < -0.4 is 5.32 Å². The smallest absolute Gasteiger partial charge is 0.347 e. The zero-order valence-corrected chi connectivity index (χ0v) is 13.4. The summed E-state index contributed by atoms with van der Waals surface area (Å²) in [6, 6.07) is 0. The molecule has 0 spiro atoms. The van der Waals surface area contributed by atoms with Crippen LogP contribution in [0.1, 0.15) is 62.8 Å². The third-order valence-corrected chi connectivity index (χ3v) is 4.08. The Hall–Kier alpha value is -1.43. The second-order valence-electron chi connectivity index (χ2n) is 5.75. The number of anilines is 1. The number of hydrogen-bond donors (Lipinski definition) is 2. The molecule has 112 valence electrons. The molecule has 0 aliphatic carbocycles. The van der Waals surface area contributed by atoms with Crippen LogP contribution in [0.2, 0.25) is 0 Å². The zero-order chi connectivity index (χ0) is 15.5. The van der Waals surface area contributed by atoms with Crippen LogP contribution in [0.15, 0.2) is 0 Å². The second-order valence-corrected chi connectivity index (χ2v) is 6.75. The van der Waals surface area contributed by atoms with Crippen LogP contribution in [-0.4, -0.2) is 22.0 Å². The van der Waals surface area contributed by atoms with Crippen LogP contribution in [0.3, 0.4) is 0 Å². The highest BCUT2D eigenvalue weighted by molar-refractivity contribution is 7.17. The van der Waals surface area contributed by atoms with Gasteiger partial charge in [0.15, 0.2) is 5.13 Å². The molecule has 1 aromatic rings. The van der Waals surface area contributed by atoms with Gasteiger partial charge < -0.3 is 10.4 Å². The molecule has 1 aromatic heterocycles. The molecule has 1 amide bonds. The quantitative estimate of drug-likeness (QED) is 0.871. The molecule has 20 heavy (non-hydrogen) atoms. The molecule has 5 nitrogen and oxygen atoms in total. The van der Waals surface area contributed by atoms with Crippen LogP contribution in [-0.2, 0) is 10.2 Å². The van der Waals surface area contributed by atoms with Gasteiger partial charge in [-0.15, -0.1) is 0 Å². The van der Waals surface area contributed by atoms with E-state index in [9.17, 15) is 14.7 Å². The number of carboxylic acid groups (broad SMARTS) is 1. The van der Waals surface area contributed by atoms with Crippen molar-refractivity contribution in [3.05, 3.63) is 10.6 Å². The van der Waals surface area contributed by atoms with Crippen LogP contribution in [0.4, 0.5) is 5.13 Å². The predicted molar refractivity (Wildman–Crippen MR) is 80.5 cm³/mol. The Morgan fingerprint density at radius 3 is 2.20 bits per heavy atom. The van der Waals surface area contributed by atoms with E-state index in [1.807, 2.05) is 34.6 Å². The molecule has 0 bridgehead atoms. The summed E-state index contributed by atoms with van der Waals surface area (Å²) in [6.07, 6.45) is 1.51. The Balaban J connectivity index is 3.04. The van der Waals surface area contributed by atoms with Crippen molar-refractivity contribution in [1.82, 2.24) is 4.98 Å². The third kappa shape index (κ3) is 3.79. The first-order valence-corrected chi connectivity index (χ1v) is 7.57. The Labute approximate surface area is 123 Å². The molecule has 6 heteroatoms. The highest BCUT2D eigenvalue weighted by Gasteiger charge is 2.28. The highest BCUT2D eigenvalue weighted by atomic mass is 32.1.